The van der Waals surface area contributed by atoms with E-state index in [2.05, 4.69) is 31.6 Å². The number of aryl methyl sites for hydroxylation is 1. The van der Waals surface area contributed by atoms with Gasteiger partial charge in [-0.25, -0.2) is 9.37 Å². The number of fused-ring (bicyclic) bond motifs is 1. The number of piperidine rings is 1. The molecular formula is C52H67FN8O14S2. The van der Waals surface area contributed by atoms with Crippen LogP contribution in [0.25, 0.3) is 10.4 Å². The second-order valence-electron chi connectivity index (χ2n) is 19.4. The zero-order valence-corrected chi connectivity index (χ0v) is 45.0. The standard InChI is InChI=1S/C52H67FN8O14S2/c1-32-43(76-31-57-32)34-9-7-33(8-10-34)28-56-45(65)39-27-35(62)29-60(39)49(69)44(59-50(70)52(53)13-14-52)51(2,3)77-26-25-74-22-21-72-18-17-71-19-20-73-23-24-75-30-41(64)55-16-15-54-37-6-4-5-36-42(37)48(68)61(47(36)67)38-11-12-40(63)58-46(38)66/h4-10,31,35,38-39,44,54,62H,11-30H2,1-3H3,(H,55,64)(H,56,65)(H,59,70)(H,58,63,66)/t35-,38?,39+,44-/m1/s1. The molecule has 1 aliphatic carbocycles. The molecule has 4 aliphatic rings. The van der Waals surface area contributed by atoms with E-state index in [9.17, 15) is 47.9 Å². The van der Waals surface area contributed by atoms with Gasteiger partial charge in [-0.1, -0.05) is 30.3 Å². The molecule has 2 saturated heterocycles. The van der Waals surface area contributed by atoms with Gasteiger partial charge < -0.3 is 55.0 Å². The van der Waals surface area contributed by atoms with E-state index in [4.69, 9.17) is 23.7 Å². The van der Waals surface area contributed by atoms with Gasteiger partial charge in [0.1, 0.15) is 24.7 Å². The van der Waals surface area contributed by atoms with Gasteiger partial charge >= 0.3 is 0 Å². The Hall–Kier alpha value is -5.93. The number of alkyl halides is 1. The Morgan fingerprint density at radius 3 is 2.19 bits per heavy atom. The van der Waals surface area contributed by atoms with Crippen LogP contribution in [0, 0.1) is 6.92 Å². The zero-order chi connectivity index (χ0) is 55.1. The van der Waals surface area contributed by atoms with Crippen LogP contribution >= 0.6 is 23.1 Å². The van der Waals surface area contributed by atoms with Gasteiger partial charge in [-0.2, -0.15) is 11.8 Å². The number of carbonyl (C=O) groups is 8. The van der Waals surface area contributed by atoms with Gasteiger partial charge in [0.05, 0.1) is 92.8 Å². The minimum absolute atomic E-state index is 0.0156. The highest BCUT2D eigenvalue weighted by molar-refractivity contribution is 8.00. The summed E-state index contributed by atoms with van der Waals surface area (Å²) in [5, 5.41) is 24.1. The average Bonchev–Trinajstić information content (AvgIpc) is 3.72. The van der Waals surface area contributed by atoms with Crippen molar-refractivity contribution in [1.82, 2.24) is 36.1 Å². The molecule has 22 nitrogen and oxygen atoms in total. The normalized spacial score (nSPS) is 19.2. The third kappa shape index (κ3) is 15.9. The molecule has 3 aliphatic heterocycles. The van der Waals surface area contributed by atoms with Gasteiger partial charge in [-0.15, -0.1) is 11.3 Å². The van der Waals surface area contributed by atoms with E-state index in [0.29, 0.717) is 51.1 Å². The molecule has 6 N–H and O–H groups in total. The van der Waals surface area contributed by atoms with E-state index in [1.54, 1.807) is 42.8 Å². The van der Waals surface area contributed by atoms with E-state index in [-0.39, 0.29) is 102 Å². The van der Waals surface area contributed by atoms with E-state index in [1.807, 2.05) is 31.2 Å². The molecular weight excluding hydrogens is 1040 g/mol. The van der Waals surface area contributed by atoms with Crippen LogP contribution < -0.4 is 26.6 Å². The van der Waals surface area contributed by atoms with Gasteiger partial charge in [0.25, 0.3) is 17.7 Å². The van der Waals surface area contributed by atoms with Crippen molar-refractivity contribution in [2.24, 2.45) is 0 Å². The first-order valence-electron chi connectivity index (χ1n) is 25.6. The van der Waals surface area contributed by atoms with Crippen molar-refractivity contribution in [3.05, 3.63) is 70.4 Å². The molecule has 4 heterocycles. The molecule has 0 radical (unpaired) electrons. The van der Waals surface area contributed by atoms with Gasteiger partial charge in [0, 0.05) is 55.2 Å². The van der Waals surface area contributed by atoms with Crippen molar-refractivity contribution >= 4 is 76.0 Å². The van der Waals surface area contributed by atoms with Crippen LogP contribution in [-0.2, 0) is 59.0 Å². The highest BCUT2D eigenvalue weighted by Crippen LogP contribution is 2.41. The molecule has 1 unspecified atom stereocenters. The maximum atomic E-state index is 15.0. The van der Waals surface area contributed by atoms with E-state index in [0.717, 1.165) is 26.6 Å². The van der Waals surface area contributed by atoms with Crippen molar-refractivity contribution in [2.45, 2.75) is 94.1 Å². The molecule has 7 rings (SSSR count). The third-order valence-corrected chi connectivity index (χ3v) is 15.6. The number of rotatable bonds is 31. The molecule has 0 bridgehead atoms. The van der Waals surface area contributed by atoms with Crippen LogP contribution in [0.3, 0.4) is 0 Å². The number of halogens is 1. The van der Waals surface area contributed by atoms with E-state index >= 15 is 0 Å². The maximum Gasteiger partial charge on any atom is 0.264 e. The molecule has 3 aromatic rings. The van der Waals surface area contributed by atoms with Gasteiger partial charge in [0.2, 0.25) is 29.5 Å². The number of carbonyl (C=O) groups excluding carboxylic acids is 8. The van der Waals surface area contributed by atoms with Crippen molar-refractivity contribution in [3.8, 4) is 10.4 Å². The number of aliphatic hydroxyl groups is 1. The quantitative estimate of drug-likeness (QED) is 0.0396. The number of thiazole rings is 1. The Labute approximate surface area is 453 Å². The summed E-state index contributed by atoms with van der Waals surface area (Å²) < 4.78 is 41.8. The lowest BCUT2D eigenvalue weighted by Gasteiger charge is -2.37. The Bertz CT molecular complexity index is 2600. The van der Waals surface area contributed by atoms with Crippen LogP contribution in [0.1, 0.15) is 77.9 Å². The Balaban J connectivity index is 0.705. The number of likely N-dealkylation sites (tertiary alicyclic amines) is 1. The van der Waals surface area contributed by atoms with Crippen LogP contribution in [0.2, 0.25) is 0 Å². The number of imide groups is 2. The predicted molar refractivity (Wildman–Crippen MR) is 281 cm³/mol. The van der Waals surface area contributed by atoms with Gasteiger partial charge in [-0.05, 0) is 63.3 Å². The maximum absolute atomic E-state index is 15.0. The Kier molecular flexibility index (Phi) is 21.1. The summed E-state index contributed by atoms with van der Waals surface area (Å²) in [6.07, 6.45) is -0.754. The largest absolute Gasteiger partial charge is 0.391 e. The number of benzene rings is 2. The van der Waals surface area contributed by atoms with Crippen LogP contribution in [0.5, 0.6) is 0 Å². The number of aliphatic hydroxyl groups excluding tert-OH is 1. The Morgan fingerprint density at radius 2 is 1.56 bits per heavy atom. The van der Waals surface area contributed by atoms with E-state index in [1.165, 1.54) is 22.7 Å². The first kappa shape index (κ1) is 58.7. The second kappa shape index (κ2) is 27.6. The number of ether oxygens (including phenoxy) is 5. The zero-order valence-electron chi connectivity index (χ0n) is 43.4. The number of nitrogens with one attached hydrogen (secondary N) is 5. The number of thioether (sulfide) groups is 1. The molecule has 1 aromatic heterocycles. The summed E-state index contributed by atoms with van der Waals surface area (Å²) in [5.74, 6) is -4.22. The molecule has 418 valence electrons. The van der Waals surface area contributed by atoms with E-state index < -0.39 is 76.0 Å². The summed E-state index contributed by atoms with van der Waals surface area (Å²) in [7, 11) is 0. The lowest BCUT2D eigenvalue weighted by molar-refractivity contribution is -0.143. The van der Waals surface area contributed by atoms with Crippen molar-refractivity contribution < 1.29 is 71.5 Å². The number of anilines is 1. The average molecular weight is 1110 g/mol. The topological polar surface area (TPSA) is 282 Å². The summed E-state index contributed by atoms with van der Waals surface area (Å²) in [4.78, 5) is 111. The molecule has 3 fully saturated rings. The molecule has 25 heteroatoms. The lowest BCUT2D eigenvalue weighted by Crippen LogP contribution is -2.61. The summed E-state index contributed by atoms with van der Waals surface area (Å²) in [5.41, 5.74) is 3.20. The molecule has 0 spiro atoms. The number of nitrogens with zero attached hydrogens (tertiary/aromatic N) is 3. The van der Waals surface area contributed by atoms with Crippen molar-refractivity contribution in [3.63, 3.8) is 0 Å². The van der Waals surface area contributed by atoms with Crippen LogP contribution in [0.15, 0.2) is 48.0 Å². The monoisotopic (exact) mass is 1110 g/mol. The summed E-state index contributed by atoms with van der Waals surface area (Å²) >= 11 is 2.90. The lowest BCUT2D eigenvalue weighted by atomic mass is 10.00. The minimum Gasteiger partial charge on any atom is -0.391 e. The molecule has 1 saturated carbocycles. The minimum atomic E-state index is -2.04. The number of hydrogen-bond acceptors (Lipinski definition) is 18. The Morgan fingerprint density at radius 1 is 0.896 bits per heavy atom. The SMILES string of the molecule is Cc1ncsc1-c1ccc(CNC(=O)[C@@H]2C[C@@H](O)CN2C(=O)[C@@H](NC(=O)C2(F)CC2)C(C)(C)SCCOCCOCCOCCOCCOCC(=O)NCCNc2cccc3c2C(=O)N(C2CCC(=O)NC2=O)C3=O)cc1. The molecule has 2 aromatic carbocycles. The number of β-amino-alcohol motifs (C(OH)–C–C–N with tert-alkyl or cyclic N) is 1. The number of amides is 8. The smallest absolute Gasteiger partial charge is 0.264 e. The summed E-state index contributed by atoms with van der Waals surface area (Å²) in [6.45, 7) is 8.33. The third-order valence-electron chi connectivity index (χ3n) is 13.3. The number of hydrogen-bond donors (Lipinski definition) is 6. The second-order valence-corrected chi connectivity index (χ2v) is 22.0. The fraction of sp³-hybridized carbons (Fsp3) is 0.558. The predicted octanol–water partition coefficient (Wildman–Crippen LogP) is 1.91. The van der Waals surface area contributed by atoms with Crippen LogP contribution in [-0.4, -0.2) is 193 Å². The highest BCUT2D eigenvalue weighted by Gasteiger charge is 2.54. The fourth-order valence-corrected chi connectivity index (χ4v) is 10.7. The van der Waals surface area contributed by atoms with Crippen LogP contribution in [0.4, 0.5) is 10.1 Å². The molecule has 8 amide bonds. The van der Waals surface area contributed by atoms with Crippen molar-refractivity contribution in [2.75, 3.05) is 96.8 Å². The van der Waals surface area contributed by atoms with Gasteiger partial charge in [-0.3, -0.25) is 48.6 Å². The number of aromatic nitrogens is 1. The highest BCUT2D eigenvalue weighted by atomic mass is 32.2. The molecule has 77 heavy (non-hydrogen) atoms. The fourth-order valence-electron chi connectivity index (χ4n) is 8.87. The first-order valence-corrected chi connectivity index (χ1v) is 27.5. The molecule has 4 atom stereocenters. The van der Waals surface area contributed by atoms with Gasteiger partial charge in [0.15, 0.2) is 5.67 Å². The summed E-state index contributed by atoms with van der Waals surface area (Å²) in [6, 6.07) is 9.20. The van der Waals surface area contributed by atoms with Crippen molar-refractivity contribution in [1.29, 1.82) is 0 Å². The first-order chi connectivity index (χ1) is 37.0.